The van der Waals surface area contributed by atoms with Crippen LogP contribution in [0.4, 0.5) is 34.1 Å². The molecular weight excluding hydrogens is 570 g/mol. The summed E-state index contributed by atoms with van der Waals surface area (Å²) < 4.78 is 69.8. The number of azo groups is 2. The predicted octanol–water partition coefficient (Wildman–Crippen LogP) is -1.61. The predicted molar refractivity (Wildman–Crippen MR) is 133 cm³/mol. The molecule has 0 aliphatic heterocycles. The first-order valence-electron chi connectivity index (χ1n) is 10.4. The van der Waals surface area contributed by atoms with Gasteiger partial charge in [0.1, 0.15) is 20.7 Å². The molecular formula is C22H14Li2N6O9S2. The Morgan fingerprint density at radius 2 is 1.29 bits per heavy atom. The number of nitro groups is 1. The maximum absolute atomic E-state index is 13.4. The summed E-state index contributed by atoms with van der Waals surface area (Å²) in [4.78, 5) is 8.12. The molecule has 4 aromatic rings. The molecule has 4 aromatic carbocycles. The van der Waals surface area contributed by atoms with Crippen molar-refractivity contribution in [1.29, 1.82) is 0 Å². The van der Waals surface area contributed by atoms with Crippen molar-refractivity contribution in [2.24, 2.45) is 20.5 Å². The molecule has 0 fully saturated rings. The maximum atomic E-state index is 13.4. The van der Waals surface area contributed by atoms with E-state index in [-0.39, 0.29) is 54.8 Å². The molecule has 0 aliphatic carbocycles. The van der Waals surface area contributed by atoms with Crippen molar-refractivity contribution in [2.45, 2.75) is 9.79 Å². The van der Waals surface area contributed by atoms with Crippen LogP contribution in [0.5, 0.6) is 5.75 Å². The molecule has 0 heterocycles. The van der Waals surface area contributed by atoms with Gasteiger partial charge in [0.25, 0.3) is 15.8 Å². The maximum Gasteiger partial charge on any atom is 1.00 e. The second-order valence-corrected chi connectivity index (χ2v) is 10.5. The van der Waals surface area contributed by atoms with E-state index in [1.54, 1.807) is 18.2 Å². The van der Waals surface area contributed by atoms with E-state index in [0.29, 0.717) is 12.1 Å². The molecule has 200 valence electrons. The second kappa shape index (κ2) is 12.9. The number of nitro benzene ring substituents is 1. The molecule has 0 saturated heterocycles. The van der Waals surface area contributed by atoms with Crippen molar-refractivity contribution in [3.63, 3.8) is 0 Å². The van der Waals surface area contributed by atoms with E-state index < -0.39 is 68.5 Å². The van der Waals surface area contributed by atoms with Gasteiger partial charge in [0.2, 0.25) is 0 Å². The smallest absolute Gasteiger partial charge is 0.870 e. The van der Waals surface area contributed by atoms with Gasteiger partial charge in [-0.05, 0) is 41.8 Å². The molecule has 3 N–H and O–H groups in total. The van der Waals surface area contributed by atoms with E-state index in [9.17, 15) is 41.2 Å². The number of fused-ring (bicyclic) bond motifs is 1. The third-order valence-corrected chi connectivity index (χ3v) is 6.91. The van der Waals surface area contributed by atoms with Crippen molar-refractivity contribution in [1.82, 2.24) is 0 Å². The standard InChI is InChI=1S/C22H16N6O9S2.2Li/c23-19-18-12(11-17(39(35,36)37)21(22(18)29)27-24-13-4-2-1-3-5-13)10-16(38(32,33)34)20(19)26-25-14-6-8-15(9-7-14)28(30)31;;/h1-11,29H,23H2,(H,32,33,34)(H,35,36,37);;/q;2*+1/p-2. The Balaban J connectivity index is 0.00000294. The van der Waals surface area contributed by atoms with Gasteiger partial charge in [0, 0.05) is 17.5 Å². The number of nitrogens with two attached hydrogens (primary N) is 1. The van der Waals surface area contributed by atoms with Crippen LogP contribution < -0.4 is 48.6 Å². The van der Waals surface area contributed by atoms with E-state index in [2.05, 4.69) is 20.5 Å². The van der Waals surface area contributed by atoms with Gasteiger partial charge in [-0.25, -0.2) is 8.42 Å². The van der Waals surface area contributed by atoms with E-state index in [1.807, 2.05) is 0 Å². The molecule has 0 radical (unpaired) electrons. The van der Waals surface area contributed by atoms with Crippen LogP contribution in [0.2, 0.25) is 0 Å². The van der Waals surface area contributed by atoms with Crippen LogP contribution in [0.3, 0.4) is 0 Å². The van der Waals surface area contributed by atoms with Crippen molar-refractivity contribution < 1.29 is 73.7 Å². The van der Waals surface area contributed by atoms with E-state index >= 15 is 0 Å². The normalized spacial score (nSPS) is 11.9. The Kier molecular flexibility index (Phi) is 10.6. The molecule has 41 heavy (non-hydrogen) atoms. The zero-order chi connectivity index (χ0) is 28.5. The molecule has 0 amide bonds. The zero-order valence-corrected chi connectivity index (χ0v) is 22.8. The van der Waals surface area contributed by atoms with E-state index in [1.165, 1.54) is 24.3 Å². The fraction of sp³-hybridized carbons (Fsp3) is 0. The van der Waals surface area contributed by atoms with Crippen LogP contribution in [0.15, 0.2) is 97.0 Å². The molecule has 0 atom stereocenters. The minimum absolute atomic E-state index is 0. The minimum atomic E-state index is -5.32. The van der Waals surface area contributed by atoms with Crippen LogP contribution in [0.1, 0.15) is 0 Å². The summed E-state index contributed by atoms with van der Waals surface area (Å²) in [6.07, 6.45) is 0. The monoisotopic (exact) mass is 584 g/mol. The Labute approximate surface area is 256 Å². The first-order chi connectivity index (χ1) is 18.3. The van der Waals surface area contributed by atoms with Gasteiger partial charge in [-0.1, -0.05) is 23.9 Å². The SMILES string of the molecule is Nc1c(N=Nc2ccc([N+](=O)[O-])cc2)c(S(=O)(=O)[O-])cc2cc(S(=O)(=O)O)c(N=Nc3ccccc3)c([O-])c12.[Li+].[Li+]. The van der Waals surface area contributed by atoms with E-state index in [4.69, 9.17) is 5.73 Å². The fourth-order valence-corrected chi connectivity index (χ4v) is 4.74. The van der Waals surface area contributed by atoms with Gasteiger partial charge in [-0.2, -0.15) is 18.6 Å². The zero-order valence-electron chi connectivity index (χ0n) is 21.2. The van der Waals surface area contributed by atoms with E-state index in [0.717, 1.165) is 12.1 Å². The molecule has 0 aliphatic rings. The van der Waals surface area contributed by atoms with Gasteiger partial charge in [-0.15, -0.1) is 10.2 Å². The van der Waals surface area contributed by atoms with Crippen LogP contribution in [-0.2, 0) is 20.2 Å². The first kappa shape index (κ1) is 33.6. The van der Waals surface area contributed by atoms with Crippen LogP contribution in [0, 0.1) is 10.1 Å². The van der Waals surface area contributed by atoms with Gasteiger partial charge in [0.05, 0.1) is 32.6 Å². The van der Waals surface area contributed by atoms with Crippen LogP contribution >= 0.6 is 0 Å². The number of nitrogens with zero attached hydrogens (tertiary/aromatic N) is 5. The average Bonchev–Trinajstić information content (AvgIpc) is 2.86. The largest absolute Gasteiger partial charge is 1.00 e. The summed E-state index contributed by atoms with van der Waals surface area (Å²) >= 11 is 0. The number of hydrogen-bond acceptors (Lipinski definition) is 13. The quantitative estimate of drug-likeness (QED) is 0.0627. The number of rotatable bonds is 7. The molecule has 15 nitrogen and oxygen atoms in total. The summed E-state index contributed by atoms with van der Waals surface area (Å²) in [5, 5.41) is 38.2. The van der Waals surface area contributed by atoms with Crippen molar-refractivity contribution in [3.8, 4) is 5.75 Å². The molecule has 19 heteroatoms. The summed E-state index contributed by atoms with van der Waals surface area (Å²) in [6.45, 7) is 0. The molecule has 0 spiro atoms. The Morgan fingerprint density at radius 3 is 1.80 bits per heavy atom. The topological polar surface area (TPSA) is 253 Å². The van der Waals surface area contributed by atoms with Crippen molar-refractivity contribution in [2.75, 3.05) is 5.73 Å². The van der Waals surface area contributed by atoms with Gasteiger partial charge in [0.15, 0.2) is 0 Å². The number of benzene rings is 4. The average molecular weight is 584 g/mol. The number of non-ortho nitro benzene ring substituents is 1. The van der Waals surface area contributed by atoms with Crippen molar-refractivity contribution in [3.05, 3.63) is 76.8 Å². The van der Waals surface area contributed by atoms with Crippen LogP contribution in [0.25, 0.3) is 10.8 Å². The minimum Gasteiger partial charge on any atom is -0.870 e. The van der Waals surface area contributed by atoms with Gasteiger partial charge >= 0.3 is 37.7 Å². The summed E-state index contributed by atoms with van der Waals surface area (Å²) in [5.41, 5.74) is 3.80. The molecule has 0 aromatic heterocycles. The third kappa shape index (κ3) is 7.36. The number of nitrogen functional groups attached to an aromatic ring is 1. The first-order valence-corrected chi connectivity index (χ1v) is 13.3. The Morgan fingerprint density at radius 1 is 0.780 bits per heavy atom. The summed E-state index contributed by atoms with van der Waals surface area (Å²) in [6, 6.07) is 13.8. The Bertz CT molecular complexity index is 1900. The number of hydrogen-bond donors (Lipinski definition) is 2. The summed E-state index contributed by atoms with van der Waals surface area (Å²) in [5.74, 6) is -1.17. The number of anilines is 1. The van der Waals surface area contributed by atoms with Gasteiger partial charge < -0.3 is 15.4 Å². The fourth-order valence-electron chi connectivity index (χ4n) is 3.43. The third-order valence-electron chi connectivity index (χ3n) is 5.19. The summed E-state index contributed by atoms with van der Waals surface area (Å²) in [7, 11) is -10.4. The molecule has 0 bridgehead atoms. The van der Waals surface area contributed by atoms with Crippen LogP contribution in [-0.4, -0.2) is 30.9 Å². The molecule has 0 saturated carbocycles. The van der Waals surface area contributed by atoms with Crippen molar-refractivity contribution >= 4 is 65.1 Å². The second-order valence-electron chi connectivity index (χ2n) is 7.73. The molecule has 4 rings (SSSR count). The van der Waals surface area contributed by atoms with Gasteiger partial charge in [-0.3, -0.25) is 14.7 Å². The molecule has 0 unspecified atom stereocenters. The Hall–Kier alpha value is -3.65.